The Morgan fingerprint density at radius 3 is 2.85 bits per heavy atom. The molecule has 4 rings (SSSR count). The number of aromatic nitrogens is 5. The molecule has 0 unspecified atom stereocenters. The Hall–Kier alpha value is -3.48. The molecule has 0 spiro atoms. The van der Waals surface area contributed by atoms with Gasteiger partial charge in [0.15, 0.2) is 0 Å². The third-order valence-corrected chi connectivity index (χ3v) is 4.04. The van der Waals surface area contributed by atoms with Gasteiger partial charge in [-0.3, -0.25) is 14.9 Å². The predicted molar refractivity (Wildman–Crippen MR) is 98.2 cm³/mol. The fourth-order valence-electron chi connectivity index (χ4n) is 2.87. The number of pyridine rings is 1. The molecule has 0 atom stereocenters. The van der Waals surface area contributed by atoms with Crippen LogP contribution in [0.3, 0.4) is 0 Å². The van der Waals surface area contributed by atoms with Crippen molar-refractivity contribution >= 4 is 11.0 Å². The van der Waals surface area contributed by atoms with E-state index in [4.69, 9.17) is 4.74 Å². The van der Waals surface area contributed by atoms with Crippen molar-refractivity contribution < 1.29 is 4.74 Å². The van der Waals surface area contributed by atoms with Gasteiger partial charge < -0.3 is 9.72 Å². The fourth-order valence-corrected chi connectivity index (χ4v) is 2.87. The number of rotatable bonds is 5. The lowest BCUT2D eigenvalue weighted by Crippen LogP contribution is -2.12. The number of aromatic amines is 2. The highest BCUT2D eigenvalue weighted by atomic mass is 16.5. The van der Waals surface area contributed by atoms with E-state index in [1.807, 2.05) is 43.3 Å². The molecule has 0 radical (unpaired) electrons. The molecule has 0 saturated heterocycles. The maximum atomic E-state index is 12.4. The van der Waals surface area contributed by atoms with Crippen LogP contribution in [0.1, 0.15) is 18.3 Å². The van der Waals surface area contributed by atoms with Crippen LogP contribution in [0.25, 0.3) is 22.3 Å². The van der Waals surface area contributed by atoms with E-state index in [1.54, 1.807) is 12.4 Å². The largest absolute Gasteiger partial charge is 0.494 e. The number of hydrogen-bond acceptors (Lipinski definition) is 5. The van der Waals surface area contributed by atoms with Crippen LogP contribution in [0.5, 0.6) is 5.75 Å². The van der Waals surface area contributed by atoms with Gasteiger partial charge in [-0.1, -0.05) is 18.2 Å². The first-order chi connectivity index (χ1) is 12.8. The minimum atomic E-state index is -0.249. The monoisotopic (exact) mass is 347 g/mol. The Labute approximate surface area is 149 Å². The molecule has 0 bridgehead atoms. The maximum absolute atomic E-state index is 12.4. The topological polar surface area (TPSA) is 96.6 Å². The molecule has 26 heavy (non-hydrogen) atoms. The summed E-state index contributed by atoms with van der Waals surface area (Å²) < 4.78 is 5.66. The number of nitrogens with one attached hydrogen (secondary N) is 2. The quantitative estimate of drug-likeness (QED) is 0.578. The molecular weight excluding hydrogens is 330 g/mol. The zero-order valence-electron chi connectivity index (χ0n) is 14.2. The van der Waals surface area contributed by atoms with Crippen LogP contribution in [0.4, 0.5) is 0 Å². The van der Waals surface area contributed by atoms with E-state index >= 15 is 0 Å². The van der Waals surface area contributed by atoms with Crippen molar-refractivity contribution in [1.29, 1.82) is 0 Å². The van der Waals surface area contributed by atoms with Gasteiger partial charge in [0.2, 0.25) is 0 Å². The van der Waals surface area contributed by atoms with Crippen LogP contribution in [0, 0.1) is 0 Å². The molecule has 130 valence electrons. The molecule has 4 aromatic rings. The second kappa shape index (κ2) is 6.79. The predicted octanol–water partition coefficient (Wildman–Crippen LogP) is 2.70. The van der Waals surface area contributed by atoms with Crippen LogP contribution >= 0.6 is 0 Å². The van der Waals surface area contributed by atoms with Gasteiger partial charge in [0.25, 0.3) is 5.56 Å². The molecule has 0 aliphatic rings. The van der Waals surface area contributed by atoms with E-state index in [9.17, 15) is 4.79 Å². The molecule has 3 aromatic heterocycles. The number of H-pyrrole nitrogens is 2. The Morgan fingerprint density at radius 1 is 1.15 bits per heavy atom. The van der Waals surface area contributed by atoms with Crippen LogP contribution in [-0.2, 0) is 6.42 Å². The Morgan fingerprint density at radius 2 is 2.04 bits per heavy atom. The van der Waals surface area contributed by atoms with Crippen molar-refractivity contribution in [2.75, 3.05) is 6.61 Å². The van der Waals surface area contributed by atoms with E-state index < -0.39 is 0 Å². The number of nitrogens with zero attached hydrogens (tertiary/aromatic N) is 3. The molecule has 3 heterocycles. The highest BCUT2D eigenvalue weighted by molar-refractivity contribution is 5.88. The molecule has 7 heteroatoms. The van der Waals surface area contributed by atoms with Crippen LogP contribution < -0.4 is 10.3 Å². The Kier molecular flexibility index (Phi) is 4.18. The van der Waals surface area contributed by atoms with Gasteiger partial charge in [0.05, 0.1) is 6.61 Å². The lowest BCUT2D eigenvalue weighted by Gasteiger charge is -2.09. The average molecular weight is 347 g/mol. The van der Waals surface area contributed by atoms with Gasteiger partial charge in [0, 0.05) is 29.9 Å². The van der Waals surface area contributed by atoms with E-state index in [0.29, 0.717) is 35.6 Å². The fraction of sp³-hybridized carbons (Fsp3) is 0.158. The van der Waals surface area contributed by atoms with Gasteiger partial charge >= 0.3 is 0 Å². The Balaban J connectivity index is 1.79. The number of ether oxygens (including phenoxy) is 1. The lowest BCUT2D eigenvalue weighted by molar-refractivity contribution is 0.337. The second-order valence-electron chi connectivity index (χ2n) is 5.77. The molecule has 1 aromatic carbocycles. The van der Waals surface area contributed by atoms with E-state index in [1.165, 1.54) is 0 Å². The standard InChI is InChI=1S/C19H17N5O2/c1-2-26-14-8-4-3-6-12(14)10-15-21-17-16(13-7-5-9-20-11-13)23-24-18(17)19(25)22-15/h3-9,11H,2,10H2,1H3,(H,23,24)(H,21,22,25). The minimum Gasteiger partial charge on any atom is -0.494 e. The summed E-state index contributed by atoms with van der Waals surface area (Å²) in [6.07, 6.45) is 3.84. The molecule has 0 saturated carbocycles. The van der Waals surface area contributed by atoms with Crippen LogP contribution in [-0.4, -0.2) is 31.8 Å². The summed E-state index contributed by atoms with van der Waals surface area (Å²) in [6.45, 7) is 2.52. The highest BCUT2D eigenvalue weighted by Crippen LogP contribution is 2.24. The minimum absolute atomic E-state index is 0.249. The molecule has 0 aliphatic heterocycles. The molecule has 0 amide bonds. The number of benzene rings is 1. The first-order valence-corrected chi connectivity index (χ1v) is 8.34. The van der Waals surface area contributed by atoms with Crippen molar-refractivity contribution in [3.05, 3.63) is 70.5 Å². The molecule has 2 N–H and O–H groups in total. The molecule has 0 aliphatic carbocycles. The van der Waals surface area contributed by atoms with E-state index in [-0.39, 0.29) is 5.56 Å². The maximum Gasteiger partial charge on any atom is 0.276 e. The van der Waals surface area contributed by atoms with Gasteiger partial charge in [0.1, 0.15) is 28.3 Å². The van der Waals surface area contributed by atoms with Gasteiger partial charge in [-0.2, -0.15) is 5.10 Å². The van der Waals surface area contributed by atoms with Crippen molar-refractivity contribution in [2.24, 2.45) is 0 Å². The van der Waals surface area contributed by atoms with Gasteiger partial charge in [-0.25, -0.2) is 4.98 Å². The molecule has 7 nitrogen and oxygen atoms in total. The zero-order valence-corrected chi connectivity index (χ0v) is 14.2. The summed E-state index contributed by atoms with van der Waals surface area (Å²) in [5.41, 5.74) is 3.01. The second-order valence-corrected chi connectivity index (χ2v) is 5.77. The van der Waals surface area contributed by atoms with Crippen molar-refractivity contribution in [2.45, 2.75) is 13.3 Å². The first-order valence-electron chi connectivity index (χ1n) is 8.34. The summed E-state index contributed by atoms with van der Waals surface area (Å²) >= 11 is 0. The highest BCUT2D eigenvalue weighted by Gasteiger charge is 2.15. The average Bonchev–Trinajstić information content (AvgIpc) is 3.09. The summed E-state index contributed by atoms with van der Waals surface area (Å²) in [4.78, 5) is 24.0. The Bertz CT molecular complexity index is 1100. The van der Waals surface area contributed by atoms with Crippen LogP contribution in [0.15, 0.2) is 53.6 Å². The number of hydrogen-bond donors (Lipinski definition) is 2. The smallest absolute Gasteiger partial charge is 0.276 e. The van der Waals surface area contributed by atoms with E-state index in [0.717, 1.165) is 16.9 Å². The summed E-state index contributed by atoms with van der Waals surface area (Å²) in [6, 6.07) is 11.4. The van der Waals surface area contributed by atoms with Crippen molar-refractivity contribution in [3.63, 3.8) is 0 Å². The van der Waals surface area contributed by atoms with Crippen molar-refractivity contribution in [1.82, 2.24) is 25.1 Å². The number of fused-ring (bicyclic) bond motifs is 1. The summed E-state index contributed by atoms with van der Waals surface area (Å²) in [5.74, 6) is 1.35. The third kappa shape index (κ3) is 2.95. The lowest BCUT2D eigenvalue weighted by atomic mass is 10.1. The SMILES string of the molecule is CCOc1ccccc1Cc1nc2c(-c3cccnc3)n[nH]c2c(=O)[nH]1. The van der Waals surface area contributed by atoms with Gasteiger partial charge in [-0.15, -0.1) is 0 Å². The molecule has 0 fully saturated rings. The summed E-state index contributed by atoms with van der Waals surface area (Å²) in [7, 11) is 0. The third-order valence-electron chi connectivity index (χ3n) is 4.04. The normalized spacial score (nSPS) is 11.0. The van der Waals surface area contributed by atoms with Crippen molar-refractivity contribution in [3.8, 4) is 17.0 Å². The number of para-hydroxylation sites is 1. The summed E-state index contributed by atoms with van der Waals surface area (Å²) in [5, 5.41) is 7.02. The van der Waals surface area contributed by atoms with Gasteiger partial charge in [-0.05, 0) is 25.1 Å². The first kappa shape index (κ1) is 16.0. The van der Waals surface area contributed by atoms with Crippen LogP contribution in [0.2, 0.25) is 0 Å². The van der Waals surface area contributed by atoms with E-state index in [2.05, 4.69) is 25.1 Å². The zero-order chi connectivity index (χ0) is 17.9. The molecular formula is C19H17N5O2.